The highest BCUT2D eigenvalue weighted by Crippen LogP contribution is 2.41. The van der Waals surface area contributed by atoms with E-state index in [4.69, 9.17) is 4.74 Å². The van der Waals surface area contributed by atoms with Gasteiger partial charge in [0.15, 0.2) is 0 Å². The molecule has 1 N–H and O–H groups in total. The predicted molar refractivity (Wildman–Crippen MR) is 83.0 cm³/mol. The highest BCUT2D eigenvalue weighted by Gasteiger charge is 2.39. The Bertz CT molecular complexity index is 437. The van der Waals surface area contributed by atoms with E-state index in [1.807, 2.05) is 20.8 Å². The van der Waals surface area contributed by atoms with Gasteiger partial charge in [-0.3, -0.25) is 0 Å². The highest BCUT2D eigenvalue weighted by molar-refractivity contribution is 5.68. The molecule has 0 radical (unpaired) electrons. The van der Waals surface area contributed by atoms with Gasteiger partial charge in [0, 0.05) is 18.5 Å². The summed E-state index contributed by atoms with van der Waals surface area (Å²) in [4.78, 5) is 13.9. The van der Waals surface area contributed by atoms with Gasteiger partial charge in [-0.25, -0.2) is 4.79 Å². The second-order valence-corrected chi connectivity index (χ2v) is 7.06. The minimum absolute atomic E-state index is 0.150. The third-order valence-corrected chi connectivity index (χ3v) is 4.37. The number of carbonyl (C=O) groups is 1. The second kappa shape index (κ2) is 6.22. The summed E-state index contributed by atoms with van der Waals surface area (Å²) < 4.78 is 5.42. The number of hydrogen-bond donors (Lipinski definition) is 1. The van der Waals surface area contributed by atoms with Gasteiger partial charge in [0.25, 0.3) is 0 Å². The van der Waals surface area contributed by atoms with E-state index in [-0.39, 0.29) is 18.1 Å². The van der Waals surface area contributed by atoms with Crippen LogP contribution in [0.5, 0.6) is 0 Å². The summed E-state index contributed by atoms with van der Waals surface area (Å²) in [6, 6.07) is 0. The lowest BCUT2D eigenvalue weighted by Gasteiger charge is -2.43. The number of likely N-dealkylation sites (tertiary alicyclic amines) is 1. The fourth-order valence-electron chi connectivity index (χ4n) is 3.07. The van der Waals surface area contributed by atoms with Gasteiger partial charge in [-0.2, -0.15) is 0 Å². The van der Waals surface area contributed by atoms with Crippen LogP contribution in [0.1, 0.15) is 46.5 Å². The van der Waals surface area contributed by atoms with Gasteiger partial charge in [-0.05, 0) is 46.5 Å². The molecule has 0 spiro atoms. The molecule has 4 nitrogen and oxygen atoms in total. The summed E-state index contributed by atoms with van der Waals surface area (Å²) in [5.74, 6) is 0. The van der Waals surface area contributed by atoms with Gasteiger partial charge in [0.1, 0.15) is 5.60 Å². The summed E-state index contributed by atoms with van der Waals surface area (Å²) in [5.41, 5.74) is 0.721. The van der Waals surface area contributed by atoms with Crippen LogP contribution in [0.3, 0.4) is 0 Å². The number of amides is 1. The molecule has 1 amide bonds. The lowest BCUT2D eigenvalue weighted by molar-refractivity contribution is 0.00641. The van der Waals surface area contributed by atoms with Crippen LogP contribution in [-0.4, -0.2) is 41.4 Å². The first-order valence-corrected chi connectivity index (χ1v) is 7.81. The fraction of sp³-hybridized carbons (Fsp3) is 0.706. The number of allylic oxidation sites excluding steroid dienone is 3. The van der Waals surface area contributed by atoms with Crippen molar-refractivity contribution in [2.45, 2.75) is 52.1 Å². The molecule has 0 bridgehead atoms. The van der Waals surface area contributed by atoms with Crippen LogP contribution in [0.2, 0.25) is 0 Å². The van der Waals surface area contributed by atoms with E-state index in [1.165, 1.54) is 5.57 Å². The summed E-state index contributed by atoms with van der Waals surface area (Å²) in [6.07, 6.45) is 9.81. The van der Waals surface area contributed by atoms with Crippen LogP contribution in [0, 0.1) is 5.41 Å². The largest absolute Gasteiger partial charge is 0.444 e. The number of carbonyl (C=O) groups excluding carboxylic acids is 1. The highest BCUT2D eigenvalue weighted by atomic mass is 16.6. The molecule has 1 aliphatic carbocycles. The molecule has 0 aromatic carbocycles. The number of hydrogen-bond acceptors (Lipinski definition) is 3. The maximum atomic E-state index is 12.1. The monoisotopic (exact) mass is 293 g/mol. The summed E-state index contributed by atoms with van der Waals surface area (Å²) in [6.45, 7) is 7.10. The van der Waals surface area contributed by atoms with E-state index >= 15 is 0 Å². The Kier molecular flexibility index (Phi) is 4.77. The lowest BCUT2D eigenvalue weighted by Crippen LogP contribution is -2.47. The number of aliphatic hydroxyl groups is 1. The van der Waals surface area contributed by atoms with E-state index in [2.05, 4.69) is 18.2 Å². The van der Waals surface area contributed by atoms with Gasteiger partial charge >= 0.3 is 6.09 Å². The van der Waals surface area contributed by atoms with Crippen LogP contribution in [0.15, 0.2) is 23.8 Å². The Hall–Kier alpha value is -1.29. The summed E-state index contributed by atoms with van der Waals surface area (Å²) >= 11 is 0. The predicted octanol–water partition coefficient (Wildman–Crippen LogP) is 3.27. The zero-order valence-corrected chi connectivity index (χ0v) is 13.4. The number of aliphatic hydroxyl groups excluding tert-OH is 1. The average molecular weight is 293 g/mol. The quantitative estimate of drug-likeness (QED) is 0.850. The first-order valence-electron chi connectivity index (χ1n) is 7.81. The Morgan fingerprint density at radius 1 is 1.38 bits per heavy atom. The number of ether oxygens (including phenoxy) is 1. The Labute approximate surface area is 127 Å². The fourth-order valence-corrected chi connectivity index (χ4v) is 3.07. The molecule has 2 aliphatic rings. The standard InChI is InChI=1S/C17H27NO3/c1-16(2,3)21-15(20)18-11-9-17(13-19,10-12-18)14-7-5-4-6-8-14/h4-5,7,19H,6,8-13H2,1-3H3. The molecule has 21 heavy (non-hydrogen) atoms. The third kappa shape index (κ3) is 3.88. The molecule has 2 rings (SSSR count). The van der Waals surface area contributed by atoms with Crippen LogP contribution in [0.25, 0.3) is 0 Å². The van der Waals surface area contributed by atoms with Gasteiger partial charge in [0.2, 0.25) is 0 Å². The molecule has 1 aliphatic heterocycles. The molecule has 0 aromatic rings. The second-order valence-electron chi connectivity index (χ2n) is 7.06. The molecular formula is C17H27NO3. The molecule has 1 fully saturated rings. The SMILES string of the molecule is CC(C)(C)OC(=O)N1CCC(CO)(C2=CC=CCC2)CC1. The minimum atomic E-state index is -0.459. The van der Waals surface area contributed by atoms with Crippen molar-refractivity contribution in [3.05, 3.63) is 23.8 Å². The van der Waals surface area contributed by atoms with Crippen LogP contribution in [0.4, 0.5) is 4.79 Å². The molecule has 118 valence electrons. The van der Waals surface area contributed by atoms with Crippen LogP contribution >= 0.6 is 0 Å². The van der Waals surface area contributed by atoms with Crippen molar-refractivity contribution in [3.8, 4) is 0 Å². The smallest absolute Gasteiger partial charge is 0.410 e. The van der Waals surface area contributed by atoms with Crippen LogP contribution < -0.4 is 0 Å². The Morgan fingerprint density at radius 3 is 2.52 bits per heavy atom. The van der Waals surface area contributed by atoms with Crippen molar-refractivity contribution in [1.29, 1.82) is 0 Å². The minimum Gasteiger partial charge on any atom is -0.444 e. The molecule has 0 aromatic heterocycles. The zero-order valence-electron chi connectivity index (χ0n) is 13.4. The zero-order chi connectivity index (χ0) is 15.5. The van der Waals surface area contributed by atoms with Gasteiger partial charge < -0.3 is 14.7 Å². The summed E-state index contributed by atoms with van der Waals surface area (Å²) in [7, 11) is 0. The molecule has 1 saturated heterocycles. The first kappa shape index (κ1) is 16.1. The maximum Gasteiger partial charge on any atom is 0.410 e. The molecule has 0 saturated carbocycles. The third-order valence-electron chi connectivity index (χ3n) is 4.37. The molecule has 0 unspecified atom stereocenters. The number of piperidine rings is 1. The van der Waals surface area contributed by atoms with Crippen molar-refractivity contribution < 1.29 is 14.6 Å². The topological polar surface area (TPSA) is 49.8 Å². The normalized spacial score (nSPS) is 21.9. The molecule has 0 atom stereocenters. The Balaban J connectivity index is 1.99. The van der Waals surface area contributed by atoms with E-state index in [9.17, 15) is 9.90 Å². The van der Waals surface area contributed by atoms with Crippen molar-refractivity contribution in [2.75, 3.05) is 19.7 Å². The van der Waals surface area contributed by atoms with Crippen molar-refractivity contribution in [2.24, 2.45) is 5.41 Å². The Morgan fingerprint density at radius 2 is 2.05 bits per heavy atom. The molecular weight excluding hydrogens is 266 g/mol. The van der Waals surface area contributed by atoms with E-state index in [0.717, 1.165) is 25.7 Å². The first-order chi connectivity index (χ1) is 9.86. The van der Waals surface area contributed by atoms with Crippen molar-refractivity contribution in [3.63, 3.8) is 0 Å². The average Bonchev–Trinajstić information content (AvgIpc) is 2.46. The van der Waals surface area contributed by atoms with Gasteiger partial charge in [-0.1, -0.05) is 23.8 Å². The number of rotatable bonds is 2. The van der Waals surface area contributed by atoms with E-state index in [0.29, 0.717) is 13.1 Å². The summed E-state index contributed by atoms with van der Waals surface area (Å²) in [5, 5.41) is 9.91. The van der Waals surface area contributed by atoms with Gasteiger partial charge in [-0.15, -0.1) is 0 Å². The number of nitrogens with zero attached hydrogens (tertiary/aromatic N) is 1. The van der Waals surface area contributed by atoms with Crippen molar-refractivity contribution in [1.82, 2.24) is 4.90 Å². The molecule has 1 heterocycles. The van der Waals surface area contributed by atoms with Crippen molar-refractivity contribution >= 4 is 6.09 Å². The van der Waals surface area contributed by atoms with E-state index in [1.54, 1.807) is 4.90 Å². The van der Waals surface area contributed by atoms with Gasteiger partial charge in [0.05, 0.1) is 6.61 Å². The lowest BCUT2D eigenvalue weighted by atomic mass is 9.70. The maximum absolute atomic E-state index is 12.1. The van der Waals surface area contributed by atoms with Crippen LogP contribution in [-0.2, 0) is 4.74 Å². The molecule has 4 heteroatoms. The van der Waals surface area contributed by atoms with E-state index < -0.39 is 5.60 Å².